The van der Waals surface area contributed by atoms with Gasteiger partial charge in [0.25, 0.3) is 0 Å². The second kappa shape index (κ2) is 9.30. The fourth-order valence-electron chi connectivity index (χ4n) is 2.14. The van der Waals surface area contributed by atoms with Crippen LogP contribution in [0.15, 0.2) is 24.3 Å². The molecule has 2 unspecified atom stereocenters. The number of nitrogens with one attached hydrogen (secondary N) is 1. The minimum Gasteiger partial charge on any atom is -0.309 e. The summed E-state index contributed by atoms with van der Waals surface area (Å²) in [6.45, 7) is 9.54. The molecule has 0 saturated carbocycles. The van der Waals surface area contributed by atoms with Crippen molar-refractivity contribution in [1.29, 1.82) is 0 Å². The third kappa shape index (κ3) is 6.19. The highest BCUT2D eigenvalue weighted by Crippen LogP contribution is 2.16. The van der Waals surface area contributed by atoms with Gasteiger partial charge in [-0.05, 0) is 36.4 Å². The van der Waals surface area contributed by atoms with Gasteiger partial charge in [-0.25, -0.2) is 0 Å². The summed E-state index contributed by atoms with van der Waals surface area (Å²) in [5.41, 5.74) is 2.60. The topological polar surface area (TPSA) is 29.1 Å². The summed E-state index contributed by atoms with van der Waals surface area (Å²) in [4.78, 5) is 0. The molecule has 114 valence electrons. The lowest BCUT2D eigenvalue weighted by atomic mass is 10.0. The number of hydrogen-bond acceptors (Lipinski definition) is 2. The Labute approximate surface area is 126 Å². The molecule has 0 radical (unpaired) electrons. The molecule has 0 heterocycles. The van der Waals surface area contributed by atoms with Crippen molar-refractivity contribution < 1.29 is 4.21 Å². The lowest BCUT2D eigenvalue weighted by Gasteiger charge is -2.18. The molecule has 0 aliphatic carbocycles. The minimum absolute atomic E-state index is 0.207. The largest absolute Gasteiger partial charge is 0.309 e. The van der Waals surface area contributed by atoms with Crippen molar-refractivity contribution in [1.82, 2.24) is 5.32 Å². The van der Waals surface area contributed by atoms with E-state index < -0.39 is 10.8 Å². The van der Waals surface area contributed by atoms with E-state index in [2.05, 4.69) is 57.3 Å². The van der Waals surface area contributed by atoms with E-state index in [0.29, 0.717) is 11.7 Å². The van der Waals surface area contributed by atoms with Gasteiger partial charge in [-0.2, -0.15) is 0 Å². The maximum Gasteiger partial charge on any atom is 0.0436 e. The quantitative estimate of drug-likeness (QED) is 0.753. The minimum atomic E-state index is -0.742. The van der Waals surface area contributed by atoms with Gasteiger partial charge >= 0.3 is 0 Å². The molecule has 0 aromatic heterocycles. The second-order valence-electron chi connectivity index (χ2n) is 5.70. The summed E-state index contributed by atoms with van der Waals surface area (Å²) < 4.78 is 12.2. The molecular formula is C17H29NOS. The number of hydrogen-bond donors (Lipinski definition) is 1. The third-order valence-electron chi connectivity index (χ3n) is 3.52. The van der Waals surface area contributed by atoms with E-state index in [1.807, 2.05) is 0 Å². The first-order chi connectivity index (χ1) is 9.56. The molecule has 2 atom stereocenters. The van der Waals surface area contributed by atoms with Crippen LogP contribution in [0.1, 0.15) is 51.3 Å². The van der Waals surface area contributed by atoms with E-state index in [-0.39, 0.29) is 6.04 Å². The molecule has 1 aromatic carbocycles. The summed E-state index contributed by atoms with van der Waals surface area (Å²) in [6, 6.07) is 8.91. The van der Waals surface area contributed by atoms with Crippen LogP contribution in [-0.4, -0.2) is 22.3 Å². The van der Waals surface area contributed by atoms with Crippen molar-refractivity contribution >= 4 is 10.8 Å². The predicted molar refractivity (Wildman–Crippen MR) is 89.6 cm³/mol. The average Bonchev–Trinajstić information content (AvgIpc) is 2.45. The van der Waals surface area contributed by atoms with Crippen molar-refractivity contribution in [2.45, 2.75) is 46.6 Å². The summed E-state index contributed by atoms with van der Waals surface area (Å²) in [5.74, 6) is 2.15. The first-order valence-electron chi connectivity index (χ1n) is 7.74. The van der Waals surface area contributed by atoms with E-state index in [4.69, 9.17) is 0 Å². The van der Waals surface area contributed by atoms with Crippen LogP contribution in [0, 0.1) is 5.92 Å². The molecule has 0 spiro atoms. The zero-order chi connectivity index (χ0) is 15.0. The monoisotopic (exact) mass is 295 g/mol. The van der Waals surface area contributed by atoms with Gasteiger partial charge in [-0.3, -0.25) is 4.21 Å². The summed E-state index contributed by atoms with van der Waals surface area (Å²) in [7, 11) is -0.742. The number of rotatable bonds is 9. The molecule has 0 amide bonds. The summed E-state index contributed by atoms with van der Waals surface area (Å²) in [6.07, 6.45) is 2.10. The predicted octanol–water partition coefficient (Wildman–Crippen LogP) is 3.69. The van der Waals surface area contributed by atoms with Crippen LogP contribution in [0.2, 0.25) is 0 Å². The fourth-order valence-corrected chi connectivity index (χ4v) is 3.72. The molecule has 1 rings (SSSR count). The van der Waals surface area contributed by atoms with Gasteiger partial charge in [0.1, 0.15) is 0 Å². The maximum atomic E-state index is 12.2. The molecule has 3 heteroatoms. The SMILES string of the molecule is CCNC(CS(=O)CCC(C)C)c1ccc(CC)cc1. The molecular weight excluding hydrogens is 266 g/mol. The Hall–Kier alpha value is -0.670. The molecule has 20 heavy (non-hydrogen) atoms. The van der Waals surface area contributed by atoms with Crippen LogP contribution in [0.5, 0.6) is 0 Å². The standard InChI is InChI=1S/C17H29NOS/c1-5-15-7-9-16(10-8-15)17(18-6-2)13-20(19)12-11-14(3)4/h7-10,14,17-18H,5-6,11-13H2,1-4H3. The van der Waals surface area contributed by atoms with Crippen molar-refractivity contribution in [2.75, 3.05) is 18.1 Å². The van der Waals surface area contributed by atoms with Crippen LogP contribution in [0.3, 0.4) is 0 Å². The van der Waals surface area contributed by atoms with Crippen LogP contribution in [0.25, 0.3) is 0 Å². The number of aryl methyl sites for hydroxylation is 1. The first-order valence-corrected chi connectivity index (χ1v) is 9.22. The van der Waals surface area contributed by atoms with Crippen molar-refractivity contribution in [3.05, 3.63) is 35.4 Å². The second-order valence-corrected chi connectivity index (χ2v) is 7.32. The smallest absolute Gasteiger partial charge is 0.0436 e. The van der Waals surface area contributed by atoms with E-state index >= 15 is 0 Å². The molecule has 1 aromatic rings. The van der Waals surface area contributed by atoms with Crippen LogP contribution in [0.4, 0.5) is 0 Å². The zero-order valence-corrected chi connectivity index (χ0v) is 14.1. The summed E-state index contributed by atoms with van der Waals surface area (Å²) in [5, 5.41) is 3.46. The third-order valence-corrected chi connectivity index (χ3v) is 4.91. The Morgan fingerprint density at radius 3 is 2.30 bits per heavy atom. The molecule has 1 N–H and O–H groups in total. The average molecular weight is 295 g/mol. The van der Waals surface area contributed by atoms with Crippen molar-refractivity contribution in [2.24, 2.45) is 5.92 Å². The van der Waals surface area contributed by atoms with Gasteiger partial charge in [0.2, 0.25) is 0 Å². The maximum absolute atomic E-state index is 12.2. The lowest BCUT2D eigenvalue weighted by Crippen LogP contribution is -2.27. The molecule has 0 aliphatic rings. The molecule has 2 nitrogen and oxygen atoms in total. The van der Waals surface area contributed by atoms with E-state index in [1.165, 1.54) is 11.1 Å². The van der Waals surface area contributed by atoms with Gasteiger partial charge in [0.15, 0.2) is 0 Å². The Morgan fingerprint density at radius 1 is 1.15 bits per heavy atom. The lowest BCUT2D eigenvalue weighted by molar-refractivity contribution is 0.587. The highest BCUT2D eigenvalue weighted by atomic mass is 32.2. The molecule has 0 saturated heterocycles. The molecule has 0 bridgehead atoms. The Bertz CT molecular complexity index is 400. The van der Waals surface area contributed by atoms with Gasteiger partial charge in [0.05, 0.1) is 0 Å². The van der Waals surface area contributed by atoms with Crippen LogP contribution < -0.4 is 5.32 Å². The van der Waals surface area contributed by atoms with E-state index in [9.17, 15) is 4.21 Å². The first kappa shape index (κ1) is 17.4. The normalized spacial score (nSPS) is 14.4. The highest BCUT2D eigenvalue weighted by molar-refractivity contribution is 7.85. The van der Waals surface area contributed by atoms with Crippen LogP contribution >= 0.6 is 0 Å². The molecule has 0 aliphatic heterocycles. The van der Waals surface area contributed by atoms with E-state index in [1.54, 1.807) is 0 Å². The zero-order valence-electron chi connectivity index (χ0n) is 13.3. The van der Waals surface area contributed by atoms with Crippen molar-refractivity contribution in [3.8, 4) is 0 Å². The van der Waals surface area contributed by atoms with Gasteiger partial charge < -0.3 is 5.32 Å². The van der Waals surface area contributed by atoms with Crippen molar-refractivity contribution in [3.63, 3.8) is 0 Å². The van der Waals surface area contributed by atoms with Gasteiger partial charge in [-0.1, -0.05) is 52.0 Å². The highest BCUT2D eigenvalue weighted by Gasteiger charge is 2.14. The molecule has 0 fully saturated rings. The number of benzene rings is 1. The van der Waals surface area contributed by atoms with Gasteiger partial charge in [0, 0.05) is 28.3 Å². The Morgan fingerprint density at radius 2 is 1.80 bits per heavy atom. The van der Waals surface area contributed by atoms with Gasteiger partial charge in [-0.15, -0.1) is 0 Å². The fraction of sp³-hybridized carbons (Fsp3) is 0.647. The Balaban J connectivity index is 2.65. The summed E-state index contributed by atoms with van der Waals surface area (Å²) >= 11 is 0. The Kier molecular flexibility index (Phi) is 8.08. The van der Waals surface area contributed by atoms with E-state index in [0.717, 1.165) is 25.1 Å². The van der Waals surface area contributed by atoms with Crippen LogP contribution in [-0.2, 0) is 17.2 Å².